The molecule has 0 amide bonds. The Labute approximate surface area is 58.4 Å². The van der Waals surface area contributed by atoms with Crippen molar-refractivity contribution in [3.8, 4) is 0 Å². The molecule has 1 heterocycles. The first-order valence-corrected chi connectivity index (χ1v) is 3.53. The van der Waals surface area contributed by atoms with Gasteiger partial charge >= 0.3 is 4.87 Å². The molecule has 0 bridgehead atoms. The molecule has 9 heavy (non-hydrogen) atoms. The van der Waals surface area contributed by atoms with Crippen LogP contribution in [0.25, 0.3) is 0 Å². The van der Waals surface area contributed by atoms with Crippen molar-refractivity contribution < 1.29 is 1.43 Å². The number of hydrogen-bond acceptors (Lipinski definition) is 3. The zero-order valence-electron chi connectivity index (χ0n) is 5.34. The largest absolute Gasteiger partial charge is 0.323 e. The zero-order chi connectivity index (χ0) is 6.85. The van der Waals surface area contributed by atoms with Gasteiger partial charge < -0.3 is 0 Å². The van der Waals surface area contributed by atoms with Crippen molar-refractivity contribution in [3.05, 3.63) is 15.5 Å². The molecule has 1 aromatic heterocycles. The van der Waals surface area contributed by atoms with Gasteiger partial charge in [-0.2, -0.15) is 4.37 Å². The minimum absolute atomic E-state index is 0. The van der Waals surface area contributed by atoms with Crippen LogP contribution in [-0.4, -0.2) is 9.36 Å². The quantitative estimate of drug-likeness (QED) is 0.647. The second kappa shape index (κ2) is 2.31. The summed E-state index contributed by atoms with van der Waals surface area (Å²) < 4.78 is 3.89. The third-order valence-electron chi connectivity index (χ3n) is 1.00. The van der Waals surface area contributed by atoms with Crippen LogP contribution in [0.2, 0.25) is 0 Å². The molecule has 4 heteroatoms. The lowest BCUT2D eigenvalue weighted by Crippen LogP contribution is -1.96. The van der Waals surface area contributed by atoms with E-state index in [-0.39, 0.29) is 6.30 Å². The lowest BCUT2D eigenvalue weighted by molar-refractivity contribution is 0.795. The van der Waals surface area contributed by atoms with Gasteiger partial charge in [0.2, 0.25) is 0 Å². The third-order valence-corrected chi connectivity index (χ3v) is 1.56. The monoisotopic (exact) mass is 146 g/mol. The number of aromatic amines is 1. The van der Waals surface area contributed by atoms with Gasteiger partial charge in [0.25, 0.3) is 0 Å². The van der Waals surface area contributed by atoms with Crippen molar-refractivity contribution in [2.75, 3.05) is 0 Å². The summed E-state index contributed by atoms with van der Waals surface area (Å²) in [5, 5.41) is 0. The van der Waals surface area contributed by atoms with Gasteiger partial charge in [-0.25, -0.2) is 0 Å². The molecule has 0 fully saturated rings. The van der Waals surface area contributed by atoms with Crippen molar-refractivity contribution in [1.29, 1.82) is 0 Å². The van der Waals surface area contributed by atoms with Crippen LogP contribution in [0.5, 0.6) is 0 Å². The molecule has 0 spiro atoms. The summed E-state index contributed by atoms with van der Waals surface area (Å²) in [4.78, 5) is 13.1. The van der Waals surface area contributed by atoms with Gasteiger partial charge in [-0.3, -0.25) is 9.78 Å². The summed E-state index contributed by atoms with van der Waals surface area (Å²) >= 11 is 0.972. The summed E-state index contributed by atoms with van der Waals surface area (Å²) in [6, 6.07) is 0. The summed E-state index contributed by atoms with van der Waals surface area (Å²) in [5.74, 6) is 1.11. The minimum Gasteiger partial charge on any atom is -0.299 e. The maximum atomic E-state index is 10.5. The minimum atomic E-state index is -0.0706. The molecule has 0 aromatic carbocycles. The van der Waals surface area contributed by atoms with Gasteiger partial charge in [0.05, 0.1) is 0 Å². The SMILES string of the molecule is CC(C)c1nsc(=O)[nH]1.[HH]. The smallest absolute Gasteiger partial charge is 0.299 e. The number of aromatic nitrogens is 2. The number of hydrogen-bond donors (Lipinski definition) is 1. The van der Waals surface area contributed by atoms with Crippen molar-refractivity contribution >= 4 is 11.5 Å². The highest BCUT2D eigenvalue weighted by atomic mass is 32.1. The molecular formula is C5H10N2OS. The summed E-state index contributed by atoms with van der Waals surface area (Å²) in [5.41, 5.74) is 0. The number of H-pyrrole nitrogens is 1. The molecule has 3 nitrogen and oxygen atoms in total. The second-order valence-corrected chi connectivity index (χ2v) is 2.87. The molecule has 0 saturated heterocycles. The summed E-state index contributed by atoms with van der Waals surface area (Å²) in [6.07, 6.45) is 0. The Balaban J connectivity index is 0.000000810. The van der Waals surface area contributed by atoms with E-state index >= 15 is 0 Å². The highest BCUT2D eigenvalue weighted by Gasteiger charge is 2.01. The third kappa shape index (κ3) is 1.38. The predicted molar refractivity (Wildman–Crippen MR) is 38.9 cm³/mol. The zero-order valence-corrected chi connectivity index (χ0v) is 6.16. The number of rotatable bonds is 1. The topological polar surface area (TPSA) is 45.8 Å². The lowest BCUT2D eigenvalue weighted by atomic mass is 10.2. The normalized spacial score (nSPS) is 10.6. The Hall–Kier alpha value is -0.640. The van der Waals surface area contributed by atoms with Gasteiger partial charge in [-0.05, 0) is 0 Å². The van der Waals surface area contributed by atoms with Crippen molar-refractivity contribution in [3.63, 3.8) is 0 Å². The molecule has 0 saturated carbocycles. The van der Waals surface area contributed by atoms with E-state index in [0.717, 1.165) is 17.4 Å². The molecule has 1 rings (SSSR count). The van der Waals surface area contributed by atoms with Gasteiger partial charge in [0, 0.05) is 18.9 Å². The number of nitrogens with zero attached hydrogens (tertiary/aromatic N) is 1. The maximum Gasteiger partial charge on any atom is 0.323 e. The number of nitrogens with one attached hydrogen (secondary N) is 1. The van der Waals surface area contributed by atoms with Gasteiger partial charge in [0.1, 0.15) is 5.82 Å². The van der Waals surface area contributed by atoms with Crippen molar-refractivity contribution in [1.82, 2.24) is 9.36 Å². The van der Waals surface area contributed by atoms with Gasteiger partial charge in [0.15, 0.2) is 0 Å². The van der Waals surface area contributed by atoms with E-state index < -0.39 is 0 Å². The molecule has 1 aromatic rings. The fourth-order valence-corrected chi connectivity index (χ4v) is 1.08. The van der Waals surface area contributed by atoms with E-state index in [2.05, 4.69) is 9.36 Å². The van der Waals surface area contributed by atoms with Crippen LogP contribution in [0.15, 0.2) is 4.79 Å². The maximum absolute atomic E-state index is 10.5. The molecule has 0 aliphatic heterocycles. The van der Waals surface area contributed by atoms with Crippen LogP contribution in [0, 0.1) is 0 Å². The fourth-order valence-electron chi connectivity index (χ4n) is 0.491. The van der Waals surface area contributed by atoms with E-state index in [4.69, 9.17) is 0 Å². The molecule has 52 valence electrons. The lowest BCUT2D eigenvalue weighted by Gasteiger charge is -1.93. The first-order chi connectivity index (χ1) is 4.20. The van der Waals surface area contributed by atoms with Gasteiger partial charge in [-0.15, -0.1) is 0 Å². The molecule has 0 aliphatic carbocycles. The Morgan fingerprint density at radius 3 is 2.67 bits per heavy atom. The first kappa shape index (κ1) is 6.48. The van der Waals surface area contributed by atoms with Crippen LogP contribution in [0.3, 0.4) is 0 Å². The molecule has 0 aliphatic rings. The Kier molecular flexibility index (Phi) is 1.66. The van der Waals surface area contributed by atoms with Crippen molar-refractivity contribution in [2.45, 2.75) is 19.8 Å². The van der Waals surface area contributed by atoms with Crippen LogP contribution < -0.4 is 4.87 Å². The van der Waals surface area contributed by atoms with Crippen LogP contribution in [0.4, 0.5) is 0 Å². The fraction of sp³-hybridized carbons (Fsp3) is 0.600. The Bertz CT molecular complexity index is 242. The molecular weight excluding hydrogens is 136 g/mol. The average Bonchev–Trinajstić information content (AvgIpc) is 2.14. The Morgan fingerprint density at radius 1 is 1.78 bits per heavy atom. The molecule has 0 radical (unpaired) electrons. The van der Waals surface area contributed by atoms with Crippen LogP contribution >= 0.6 is 11.5 Å². The highest BCUT2D eigenvalue weighted by molar-refractivity contribution is 7.02. The first-order valence-electron chi connectivity index (χ1n) is 2.76. The summed E-state index contributed by atoms with van der Waals surface area (Å²) in [7, 11) is 0. The van der Waals surface area contributed by atoms with E-state index in [1.165, 1.54) is 0 Å². The molecule has 1 N–H and O–H groups in total. The van der Waals surface area contributed by atoms with Crippen molar-refractivity contribution in [2.24, 2.45) is 0 Å². The van der Waals surface area contributed by atoms with E-state index in [0.29, 0.717) is 5.92 Å². The standard InChI is InChI=1S/C5H8N2OS.H2/c1-3(2)4-6-5(8)9-7-4;/h3H,1-2H3,(H,6,7,8);1H. The molecule has 0 atom stereocenters. The van der Waals surface area contributed by atoms with Crippen LogP contribution in [-0.2, 0) is 0 Å². The highest BCUT2D eigenvalue weighted by Crippen LogP contribution is 2.05. The summed E-state index contributed by atoms with van der Waals surface area (Å²) in [6.45, 7) is 3.98. The second-order valence-electron chi connectivity index (χ2n) is 2.13. The van der Waals surface area contributed by atoms with E-state index in [1.54, 1.807) is 0 Å². The van der Waals surface area contributed by atoms with Crippen LogP contribution in [0.1, 0.15) is 27.0 Å². The van der Waals surface area contributed by atoms with E-state index in [1.807, 2.05) is 13.8 Å². The van der Waals surface area contributed by atoms with Gasteiger partial charge in [-0.1, -0.05) is 13.8 Å². The predicted octanol–water partition coefficient (Wildman–Crippen LogP) is 1.20. The van der Waals surface area contributed by atoms with E-state index in [9.17, 15) is 4.79 Å². The average molecular weight is 146 g/mol. The molecule has 0 unspecified atom stereocenters. The Morgan fingerprint density at radius 2 is 2.44 bits per heavy atom.